The number of aromatic nitrogens is 2. The summed E-state index contributed by atoms with van der Waals surface area (Å²) in [7, 11) is 0. The van der Waals surface area contributed by atoms with Crippen LogP contribution in [-0.2, 0) is 19.4 Å². The van der Waals surface area contributed by atoms with Crippen molar-refractivity contribution < 1.29 is 38.5 Å². The second-order valence-electron chi connectivity index (χ2n) is 11.7. The van der Waals surface area contributed by atoms with Gasteiger partial charge in [-0.2, -0.15) is 0 Å². The topological polar surface area (TPSA) is 229 Å². The molecule has 1 aliphatic heterocycles. The minimum Gasteiger partial charge on any atom is -0.297 e. The second-order valence-corrected chi connectivity index (χ2v) is 11.7. The maximum absolute atomic E-state index is 12.6. The molecule has 2 aromatic carbocycles. The van der Waals surface area contributed by atoms with Crippen LogP contribution in [0.5, 0.6) is 0 Å². The van der Waals surface area contributed by atoms with E-state index in [4.69, 9.17) is 19.4 Å². The van der Waals surface area contributed by atoms with Gasteiger partial charge in [-0.15, -0.1) is 0 Å². The van der Waals surface area contributed by atoms with Gasteiger partial charge in [-0.1, -0.05) is 32.8 Å². The molecule has 8 bridgehead atoms. The van der Waals surface area contributed by atoms with E-state index in [0.717, 1.165) is 0 Å². The minimum atomic E-state index is -0.905. The van der Waals surface area contributed by atoms with Crippen LogP contribution < -0.4 is 21.3 Å². The predicted molar refractivity (Wildman–Crippen MR) is 200 cm³/mol. The SMILES string of the molecule is CC1=NOC(=O)Nc2cc(C)cc(c2)NC(=O)ON=C(C)c2cccc(n2)C(C)=NOC(=O)Nc2cc(C)cc(c2)NC(=O)ON=C(C)c2cccc1n2. The normalized spacial score (nSPS) is 14.8. The Bertz CT molecular complexity index is 1950. The van der Waals surface area contributed by atoms with E-state index in [0.29, 0.717) is 56.7 Å². The lowest BCUT2D eigenvalue weighted by Gasteiger charge is -2.10. The molecule has 3 heterocycles. The molecule has 0 atom stereocenters. The number of aryl methyl sites for hydroxylation is 2. The molecule has 54 heavy (non-hydrogen) atoms. The van der Waals surface area contributed by atoms with Gasteiger partial charge in [0.1, 0.15) is 22.8 Å². The number of carbonyl (C=O) groups excluding carboxylic acids is 4. The van der Waals surface area contributed by atoms with E-state index in [1.165, 1.54) is 12.1 Å². The van der Waals surface area contributed by atoms with Crippen LogP contribution in [0.2, 0.25) is 0 Å². The summed E-state index contributed by atoms with van der Waals surface area (Å²) in [5, 5.41) is 25.7. The van der Waals surface area contributed by atoms with Crippen molar-refractivity contribution in [2.45, 2.75) is 41.5 Å². The largest absolute Gasteiger partial charge is 0.437 e. The summed E-state index contributed by atoms with van der Waals surface area (Å²) in [5.41, 5.74) is 5.02. The Morgan fingerprint density at radius 1 is 0.389 bits per heavy atom. The zero-order valence-corrected chi connectivity index (χ0v) is 29.9. The van der Waals surface area contributed by atoms with Crippen molar-refractivity contribution in [2.75, 3.05) is 21.3 Å². The highest BCUT2D eigenvalue weighted by Gasteiger charge is 2.14. The molecule has 18 heteroatoms. The second kappa shape index (κ2) is 17.1. The highest BCUT2D eigenvalue weighted by molar-refractivity contribution is 6.02. The molecule has 18 nitrogen and oxygen atoms in total. The van der Waals surface area contributed by atoms with Crippen molar-refractivity contribution in [1.82, 2.24) is 9.97 Å². The first-order valence-corrected chi connectivity index (χ1v) is 16.1. The van der Waals surface area contributed by atoms with Gasteiger partial charge in [-0.05, 0) is 113 Å². The van der Waals surface area contributed by atoms with Crippen LogP contribution in [0.25, 0.3) is 0 Å². The number of fused-ring (bicyclic) bond motifs is 8. The van der Waals surface area contributed by atoms with Gasteiger partial charge in [0.2, 0.25) is 0 Å². The zero-order valence-electron chi connectivity index (χ0n) is 29.9. The summed E-state index contributed by atoms with van der Waals surface area (Å²) < 4.78 is 0. The lowest BCUT2D eigenvalue weighted by molar-refractivity contribution is 0.165. The van der Waals surface area contributed by atoms with Crippen LogP contribution in [0.4, 0.5) is 41.9 Å². The maximum Gasteiger partial charge on any atom is 0.437 e. The standard InChI is InChI=1S/C36H34N10O8/c1-19-13-25-17-26(14-19)38-34(48)52-44-22(4)30-10-8-12-32(42-30)24(6)46-54-36(50)40-28-16-20(2)15-27(18-28)39-35(49)53-45-23(5)31-11-7-9-29(41-31)21(3)43-51-33(47)37-25/h7-18H,1-6H3,(H,37,47)(H,38,48)(H,39,49)(H,40,50). The van der Waals surface area contributed by atoms with E-state index in [-0.39, 0.29) is 22.8 Å². The van der Waals surface area contributed by atoms with E-state index in [2.05, 4.69) is 51.9 Å². The highest BCUT2D eigenvalue weighted by Crippen LogP contribution is 2.21. The Balaban J connectivity index is 1.41. The molecule has 4 N–H and O–H groups in total. The molecule has 0 fully saturated rings. The summed E-state index contributed by atoms with van der Waals surface area (Å²) in [6.07, 6.45) is -3.62. The third kappa shape index (κ3) is 10.8. The number of anilines is 4. The molecular weight excluding hydrogens is 700 g/mol. The number of oxime groups is 4. The molecule has 1 aliphatic rings. The summed E-state index contributed by atoms with van der Waals surface area (Å²) in [4.78, 5) is 79.6. The first kappa shape index (κ1) is 37.7. The molecule has 276 valence electrons. The van der Waals surface area contributed by atoms with Gasteiger partial charge in [0.05, 0.1) is 22.8 Å². The van der Waals surface area contributed by atoms with Gasteiger partial charge in [0.25, 0.3) is 0 Å². The van der Waals surface area contributed by atoms with Crippen molar-refractivity contribution in [3.05, 3.63) is 107 Å². The van der Waals surface area contributed by atoms with Gasteiger partial charge in [-0.25, -0.2) is 29.1 Å². The third-order valence-corrected chi connectivity index (χ3v) is 7.18. The van der Waals surface area contributed by atoms with Crippen molar-refractivity contribution >= 4 is 70.0 Å². The average Bonchev–Trinajstić information content (AvgIpc) is 3.13. The van der Waals surface area contributed by atoms with E-state index >= 15 is 0 Å². The molecule has 0 aliphatic carbocycles. The van der Waals surface area contributed by atoms with Crippen molar-refractivity contribution in [3.63, 3.8) is 0 Å². The fourth-order valence-corrected chi connectivity index (χ4v) is 4.72. The fourth-order valence-electron chi connectivity index (χ4n) is 4.72. The molecule has 4 aromatic rings. The van der Waals surface area contributed by atoms with Crippen molar-refractivity contribution in [1.29, 1.82) is 0 Å². The minimum absolute atomic E-state index is 0.256. The Kier molecular flexibility index (Phi) is 12.0. The third-order valence-electron chi connectivity index (χ3n) is 7.18. The lowest BCUT2D eigenvalue weighted by Crippen LogP contribution is -2.15. The molecule has 0 saturated heterocycles. The van der Waals surface area contributed by atoms with Gasteiger partial charge in [0.15, 0.2) is 0 Å². The molecule has 0 saturated carbocycles. The lowest BCUT2D eigenvalue weighted by atomic mass is 10.2. The van der Waals surface area contributed by atoms with E-state index in [1.807, 2.05) is 0 Å². The van der Waals surface area contributed by atoms with Crippen LogP contribution in [0.15, 0.2) is 93.4 Å². The first-order chi connectivity index (χ1) is 25.8. The van der Waals surface area contributed by atoms with E-state index in [1.54, 1.807) is 102 Å². The van der Waals surface area contributed by atoms with Crippen LogP contribution in [-0.4, -0.2) is 57.2 Å². The van der Waals surface area contributed by atoms with Gasteiger partial charge >= 0.3 is 24.4 Å². The quantitative estimate of drug-likeness (QED) is 0.132. The smallest absolute Gasteiger partial charge is 0.297 e. The molecule has 4 amide bonds. The number of pyridine rings is 2. The fraction of sp³-hybridized carbons (Fsp3) is 0.167. The molecule has 0 spiro atoms. The summed E-state index contributed by atoms with van der Waals surface area (Å²) >= 11 is 0. The molecular formula is C36H34N10O8. The van der Waals surface area contributed by atoms with Crippen molar-refractivity contribution in [2.24, 2.45) is 20.6 Å². The predicted octanol–water partition coefficient (Wildman–Crippen LogP) is 7.30. The average molecular weight is 735 g/mol. The van der Waals surface area contributed by atoms with E-state index < -0.39 is 24.4 Å². The van der Waals surface area contributed by atoms with Crippen molar-refractivity contribution in [3.8, 4) is 0 Å². The number of nitrogens with one attached hydrogen (secondary N) is 4. The first-order valence-electron chi connectivity index (χ1n) is 16.1. The Labute approximate surface area is 308 Å². The summed E-state index contributed by atoms with van der Waals surface area (Å²) in [6.45, 7) is 9.84. The Morgan fingerprint density at radius 3 is 0.870 bits per heavy atom. The van der Waals surface area contributed by atoms with Gasteiger partial charge in [-0.3, -0.25) is 40.6 Å². The molecule has 0 radical (unpaired) electrons. The van der Waals surface area contributed by atoms with Crippen LogP contribution >= 0.6 is 0 Å². The number of benzene rings is 2. The van der Waals surface area contributed by atoms with Crippen LogP contribution in [0.1, 0.15) is 61.6 Å². The molecule has 2 aromatic heterocycles. The Hall–Kier alpha value is -7.50. The monoisotopic (exact) mass is 734 g/mol. The van der Waals surface area contributed by atoms with E-state index in [9.17, 15) is 19.2 Å². The highest BCUT2D eigenvalue weighted by atomic mass is 16.7. The summed E-state index contributed by atoms with van der Waals surface area (Å²) in [6, 6.07) is 19.5. The number of amides is 4. The summed E-state index contributed by atoms with van der Waals surface area (Å²) in [5.74, 6) is 0. The zero-order chi connectivity index (χ0) is 38.8. The number of hydrogen-bond acceptors (Lipinski definition) is 14. The number of rotatable bonds is 0. The maximum atomic E-state index is 12.6. The van der Waals surface area contributed by atoms with Crippen LogP contribution in [0.3, 0.4) is 0 Å². The Morgan fingerprint density at radius 2 is 0.630 bits per heavy atom. The van der Waals surface area contributed by atoms with Gasteiger partial charge in [0, 0.05) is 22.7 Å². The number of hydrogen-bond donors (Lipinski definition) is 4. The van der Waals surface area contributed by atoms with Crippen LogP contribution in [0, 0.1) is 13.8 Å². The molecule has 5 rings (SSSR count). The molecule has 0 unspecified atom stereocenters. The number of carbonyl (C=O) groups is 4. The van der Waals surface area contributed by atoms with Gasteiger partial charge < -0.3 is 0 Å². The number of nitrogens with zero attached hydrogens (tertiary/aromatic N) is 6.